The fourth-order valence-electron chi connectivity index (χ4n) is 1.86. The van der Waals surface area contributed by atoms with E-state index in [1.165, 1.54) is 6.08 Å². The van der Waals surface area contributed by atoms with Crippen LogP contribution in [0.4, 0.5) is 0 Å². The van der Waals surface area contributed by atoms with Crippen LogP contribution in [0.3, 0.4) is 0 Å². The highest BCUT2D eigenvalue weighted by Crippen LogP contribution is 2.04. The maximum absolute atomic E-state index is 11.8. The number of primary amides is 1. The van der Waals surface area contributed by atoms with Crippen molar-refractivity contribution in [2.45, 2.75) is 13.2 Å². The number of nitrogens with two attached hydrogens (primary N) is 1. The molecule has 6 heteroatoms. The Morgan fingerprint density at radius 1 is 1.17 bits per heavy atom. The van der Waals surface area contributed by atoms with Gasteiger partial charge in [0.15, 0.2) is 12.4 Å². The molecule has 0 saturated heterocycles. The van der Waals surface area contributed by atoms with Crippen molar-refractivity contribution in [3.05, 3.63) is 72.1 Å². The second-order valence-corrected chi connectivity index (χ2v) is 4.68. The number of rotatable bonds is 5. The number of esters is 1. The first-order chi connectivity index (χ1) is 10.6. The van der Waals surface area contributed by atoms with Crippen LogP contribution in [0.5, 0.6) is 0 Å². The Bertz CT molecular complexity index is 702. The van der Waals surface area contributed by atoms with E-state index in [2.05, 4.69) is 0 Å². The van der Waals surface area contributed by atoms with Crippen LogP contribution in [0.25, 0.3) is 6.08 Å². The molecule has 2 rings (SSSR count). The van der Waals surface area contributed by atoms with Crippen molar-refractivity contribution in [1.29, 1.82) is 0 Å². The molecule has 120 valence electrons. The number of hydrogen-bond donors (Lipinski definition) is 1. The topological polar surface area (TPSA) is 73.3 Å². The van der Waals surface area contributed by atoms with Gasteiger partial charge in [0.2, 0.25) is 0 Å². The van der Waals surface area contributed by atoms with E-state index in [0.29, 0.717) is 5.56 Å². The quantitative estimate of drug-likeness (QED) is 0.427. The summed E-state index contributed by atoms with van der Waals surface area (Å²) in [5.41, 5.74) is 6.49. The van der Waals surface area contributed by atoms with Gasteiger partial charge < -0.3 is 22.9 Å². The van der Waals surface area contributed by atoms with Crippen molar-refractivity contribution in [3.8, 4) is 0 Å². The van der Waals surface area contributed by atoms with Crippen molar-refractivity contribution in [2.24, 2.45) is 5.73 Å². The lowest BCUT2D eigenvalue weighted by Crippen LogP contribution is -3.00. The molecule has 23 heavy (non-hydrogen) atoms. The van der Waals surface area contributed by atoms with Gasteiger partial charge >= 0.3 is 12.2 Å². The SMILES string of the molecule is CC(OC(=O)/C=C/c1ccccc1)[n+]1cccc(C(N)=O)c1.[Cl-]. The molecule has 5 nitrogen and oxygen atoms in total. The van der Waals surface area contributed by atoms with E-state index in [1.54, 1.807) is 42.1 Å². The summed E-state index contributed by atoms with van der Waals surface area (Å²) >= 11 is 0. The van der Waals surface area contributed by atoms with Crippen LogP contribution < -0.4 is 22.7 Å². The summed E-state index contributed by atoms with van der Waals surface area (Å²) in [6.07, 6.45) is 5.74. The van der Waals surface area contributed by atoms with Crippen LogP contribution in [-0.2, 0) is 9.53 Å². The summed E-state index contributed by atoms with van der Waals surface area (Å²) in [5.74, 6) is -0.995. The zero-order valence-corrected chi connectivity index (χ0v) is 13.3. The molecule has 1 aromatic heterocycles. The van der Waals surface area contributed by atoms with E-state index in [9.17, 15) is 9.59 Å². The molecular weight excluding hydrogens is 316 g/mol. The lowest BCUT2D eigenvalue weighted by molar-refractivity contribution is -0.753. The fraction of sp³-hybridized carbons (Fsp3) is 0.118. The maximum atomic E-state index is 11.8. The summed E-state index contributed by atoms with van der Waals surface area (Å²) in [7, 11) is 0. The largest absolute Gasteiger partial charge is 1.00 e. The molecule has 0 radical (unpaired) electrons. The number of benzene rings is 1. The molecule has 1 heterocycles. The van der Waals surface area contributed by atoms with E-state index >= 15 is 0 Å². The van der Waals surface area contributed by atoms with Crippen LogP contribution in [0.1, 0.15) is 29.1 Å². The van der Waals surface area contributed by atoms with E-state index < -0.39 is 18.1 Å². The molecule has 0 aliphatic rings. The smallest absolute Gasteiger partial charge is 0.335 e. The number of halogens is 1. The Kier molecular flexibility index (Phi) is 6.96. The van der Waals surface area contributed by atoms with Gasteiger partial charge in [-0.25, -0.2) is 4.79 Å². The lowest BCUT2D eigenvalue weighted by Gasteiger charge is -2.07. The van der Waals surface area contributed by atoms with Gasteiger partial charge in [-0.1, -0.05) is 30.3 Å². The Balaban J connectivity index is 0.00000264. The number of nitrogens with zero attached hydrogens (tertiary/aromatic N) is 1. The number of carbonyl (C=O) groups is 2. The first kappa shape index (κ1) is 18.4. The van der Waals surface area contributed by atoms with Crippen LogP contribution >= 0.6 is 0 Å². The third-order valence-corrected chi connectivity index (χ3v) is 3.02. The zero-order chi connectivity index (χ0) is 15.9. The van der Waals surface area contributed by atoms with Crippen molar-refractivity contribution < 1.29 is 31.3 Å². The third kappa shape index (κ3) is 5.56. The van der Waals surface area contributed by atoms with E-state index in [-0.39, 0.29) is 12.4 Å². The molecule has 0 aliphatic carbocycles. The highest BCUT2D eigenvalue weighted by molar-refractivity contribution is 5.92. The number of pyridine rings is 1. The Labute approximate surface area is 140 Å². The molecule has 1 unspecified atom stereocenters. The molecule has 0 fully saturated rings. The van der Waals surface area contributed by atoms with Crippen molar-refractivity contribution in [3.63, 3.8) is 0 Å². The Morgan fingerprint density at radius 2 is 1.87 bits per heavy atom. The van der Waals surface area contributed by atoms with Gasteiger partial charge in [-0.05, 0) is 17.7 Å². The van der Waals surface area contributed by atoms with Crippen molar-refractivity contribution in [2.75, 3.05) is 0 Å². The van der Waals surface area contributed by atoms with Gasteiger partial charge in [0.05, 0.1) is 0 Å². The summed E-state index contributed by atoms with van der Waals surface area (Å²) in [6, 6.07) is 12.7. The third-order valence-electron chi connectivity index (χ3n) is 3.02. The first-order valence-corrected chi connectivity index (χ1v) is 6.80. The molecule has 1 atom stereocenters. The number of hydrogen-bond acceptors (Lipinski definition) is 3. The molecule has 0 spiro atoms. The van der Waals surface area contributed by atoms with Crippen LogP contribution in [-0.4, -0.2) is 11.9 Å². The van der Waals surface area contributed by atoms with Gasteiger partial charge in [-0.15, -0.1) is 0 Å². The average molecular weight is 333 g/mol. The lowest BCUT2D eigenvalue weighted by atomic mass is 10.2. The predicted octanol–water partition coefficient (Wildman–Crippen LogP) is -1.15. The summed E-state index contributed by atoms with van der Waals surface area (Å²) in [5, 5.41) is 0. The summed E-state index contributed by atoms with van der Waals surface area (Å²) in [6.45, 7) is 1.71. The van der Waals surface area contributed by atoms with Crippen molar-refractivity contribution >= 4 is 18.0 Å². The maximum Gasteiger partial charge on any atom is 0.335 e. The molecule has 2 aromatic rings. The highest BCUT2D eigenvalue weighted by atomic mass is 35.5. The van der Waals surface area contributed by atoms with E-state index in [4.69, 9.17) is 10.5 Å². The first-order valence-electron chi connectivity index (χ1n) is 6.80. The van der Waals surface area contributed by atoms with Crippen LogP contribution in [0, 0.1) is 0 Å². The van der Waals surface area contributed by atoms with Gasteiger partial charge in [-0.2, -0.15) is 4.57 Å². The van der Waals surface area contributed by atoms with Gasteiger partial charge in [0, 0.05) is 19.1 Å². The molecule has 0 bridgehead atoms. The minimum absolute atomic E-state index is 0. The molecule has 2 N–H and O–H groups in total. The molecule has 0 saturated carbocycles. The standard InChI is InChI=1S/C17H16N2O3.ClH/c1-13(19-11-5-8-15(12-19)17(18)21)22-16(20)10-9-14-6-3-2-4-7-14;/h2-13H,1H3,(H-,18,21);1H/b10-9+;. The Morgan fingerprint density at radius 3 is 2.52 bits per heavy atom. The fourth-order valence-corrected chi connectivity index (χ4v) is 1.86. The van der Waals surface area contributed by atoms with Crippen LogP contribution in [0.2, 0.25) is 0 Å². The summed E-state index contributed by atoms with van der Waals surface area (Å²) in [4.78, 5) is 23.0. The second kappa shape index (κ2) is 8.70. The second-order valence-electron chi connectivity index (χ2n) is 4.68. The average Bonchev–Trinajstić information content (AvgIpc) is 2.54. The van der Waals surface area contributed by atoms with Gasteiger partial charge in [-0.3, -0.25) is 4.79 Å². The molecular formula is C17H17ClN2O3. The normalized spacial score (nSPS) is 11.5. The number of amides is 1. The molecule has 1 aromatic carbocycles. The van der Waals surface area contributed by atoms with Gasteiger partial charge in [0.1, 0.15) is 5.56 Å². The van der Waals surface area contributed by atoms with Crippen LogP contribution in [0.15, 0.2) is 60.9 Å². The van der Waals surface area contributed by atoms with E-state index in [1.807, 2.05) is 30.3 Å². The molecule has 0 aliphatic heterocycles. The minimum atomic E-state index is -0.549. The van der Waals surface area contributed by atoms with E-state index in [0.717, 1.165) is 5.56 Å². The summed E-state index contributed by atoms with van der Waals surface area (Å²) < 4.78 is 6.88. The number of ether oxygens (including phenoxy) is 1. The Hall–Kier alpha value is -2.66. The van der Waals surface area contributed by atoms with Gasteiger partial charge in [0.25, 0.3) is 5.91 Å². The van der Waals surface area contributed by atoms with Crippen molar-refractivity contribution in [1.82, 2.24) is 0 Å². The monoisotopic (exact) mass is 332 g/mol. The predicted molar refractivity (Wildman–Crippen MR) is 81.4 cm³/mol. The zero-order valence-electron chi connectivity index (χ0n) is 12.6. The number of aromatic nitrogens is 1. The molecule has 1 amide bonds. The number of carbonyl (C=O) groups excluding carboxylic acids is 2. The highest BCUT2D eigenvalue weighted by Gasteiger charge is 2.17. The minimum Gasteiger partial charge on any atom is -1.00 e.